The van der Waals surface area contributed by atoms with E-state index >= 15 is 0 Å². The minimum atomic E-state index is -0.636. The molecule has 0 unspecified atom stereocenters. The highest BCUT2D eigenvalue weighted by molar-refractivity contribution is 5.91. The van der Waals surface area contributed by atoms with Crippen molar-refractivity contribution in [2.45, 2.75) is 6.54 Å². The van der Waals surface area contributed by atoms with Crippen molar-refractivity contribution in [2.75, 3.05) is 0 Å². The summed E-state index contributed by atoms with van der Waals surface area (Å²) in [5.41, 5.74) is -0.326. The summed E-state index contributed by atoms with van der Waals surface area (Å²) in [4.78, 5) is 25.7. The van der Waals surface area contributed by atoms with Gasteiger partial charge in [0.25, 0.3) is 5.56 Å². The molecule has 0 fully saturated rings. The second-order valence-electron chi connectivity index (χ2n) is 4.82. The standard InChI is InChI=1S/C15H11F2N5O2/c16-10-2-3-11(17)9(7-10)1-4-13(23)19-8-12-20-21-14-15(24)18-5-6-22(12)14/h1-7H,8H2,(H,18,24)(H,19,23)/b4-1+. The first-order chi connectivity index (χ1) is 11.5. The Hall–Kier alpha value is -3.36. The maximum Gasteiger partial charge on any atom is 0.293 e. The smallest absolute Gasteiger partial charge is 0.293 e. The largest absolute Gasteiger partial charge is 0.345 e. The van der Waals surface area contributed by atoms with Crippen LogP contribution in [0.15, 0.2) is 41.5 Å². The molecule has 2 heterocycles. The predicted molar refractivity (Wildman–Crippen MR) is 80.8 cm³/mol. The van der Waals surface area contributed by atoms with Crippen LogP contribution in [0.2, 0.25) is 0 Å². The number of nitrogens with one attached hydrogen (secondary N) is 2. The number of fused-ring (bicyclic) bond motifs is 1. The van der Waals surface area contributed by atoms with Crippen LogP contribution in [0.1, 0.15) is 11.4 Å². The molecule has 0 atom stereocenters. The van der Waals surface area contributed by atoms with Gasteiger partial charge in [-0.25, -0.2) is 8.78 Å². The van der Waals surface area contributed by atoms with Gasteiger partial charge in [0.05, 0.1) is 6.54 Å². The number of H-pyrrole nitrogens is 1. The quantitative estimate of drug-likeness (QED) is 0.698. The molecule has 24 heavy (non-hydrogen) atoms. The molecule has 3 rings (SSSR count). The predicted octanol–water partition coefficient (Wildman–Crippen LogP) is 1.03. The molecule has 3 aromatic rings. The molecule has 0 bridgehead atoms. The van der Waals surface area contributed by atoms with Crippen molar-refractivity contribution in [1.82, 2.24) is 24.9 Å². The second kappa shape index (κ2) is 6.41. The molecule has 7 nitrogen and oxygen atoms in total. The summed E-state index contributed by atoms with van der Waals surface area (Å²) >= 11 is 0. The Morgan fingerprint density at radius 3 is 3.00 bits per heavy atom. The Balaban J connectivity index is 1.69. The van der Waals surface area contributed by atoms with Crippen LogP contribution in [0.4, 0.5) is 8.78 Å². The summed E-state index contributed by atoms with van der Waals surface area (Å²) in [6, 6.07) is 2.95. The molecule has 0 saturated carbocycles. The lowest BCUT2D eigenvalue weighted by Gasteiger charge is -2.01. The number of hydrogen-bond acceptors (Lipinski definition) is 4. The van der Waals surface area contributed by atoms with Crippen LogP contribution in [0, 0.1) is 11.6 Å². The van der Waals surface area contributed by atoms with E-state index in [9.17, 15) is 18.4 Å². The lowest BCUT2D eigenvalue weighted by Crippen LogP contribution is -2.22. The van der Waals surface area contributed by atoms with Gasteiger partial charge in [-0.15, -0.1) is 10.2 Å². The molecule has 0 aliphatic heterocycles. The number of nitrogens with zero attached hydrogens (tertiary/aromatic N) is 3. The van der Waals surface area contributed by atoms with Crippen molar-refractivity contribution >= 4 is 17.6 Å². The summed E-state index contributed by atoms with van der Waals surface area (Å²) in [6.45, 7) is 0.0133. The van der Waals surface area contributed by atoms with Crippen molar-refractivity contribution in [3.8, 4) is 0 Å². The lowest BCUT2D eigenvalue weighted by molar-refractivity contribution is -0.116. The second-order valence-corrected chi connectivity index (χ2v) is 4.82. The Kier molecular flexibility index (Phi) is 4.15. The van der Waals surface area contributed by atoms with Crippen molar-refractivity contribution in [3.05, 3.63) is 70.0 Å². The first-order valence-electron chi connectivity index (χ1n) is 6.87. The van der Waals surface area contributed by atoms with Gasteiger partial charge in [0.1, 0.15) is 11.6 Å². The van der Waals surface area contributed by atoms with E-state index < -0.39 is 23.1 Å². The van der Waals surface area contributed by atoms with Crippen molar-refractivity contribution in [1.29, 1.82) is 0 Å². The molecule has 2 aromatic heterocycles. The Labute approximate surface area is 133 Å². The summed E-state index contributed by atoms with van der Waals surface area (Å²) in [5.74, 6) is -1.41. The van der Waals surface area contributed by atoms with Crippen LogP contribution in [0.3, 0.4) is 0 Å². The number of amides is 1. The van der Waals surface area contributed by atoms with Gasteiger partial charge >= 0.3 is 0 Å². The van der Waals surface area contributed by atoms with Gasteiger partial charge in [0.15, 0.2) is 5.82 Å². The molecular formula is C15H11F2N5O2. The van der Waals surface area contributed by atoms with Gasteiger partial charge in [-0.05, 0) is 24.3 Å². The molecule has 0 spiro atoms. The van der Waals surface area contributed by atoms with Gasteiger partial charge in [-0.2, -0.15) is 0 Å². The number of aromatic nitrogens is 4. The highest BCUT2D eigenvalue weighted by Gasteiger charge is 2.08. The van der Waals surface area contributed by atoms with E-state index in [-0.39, 0.29) is 17.8 Å². The minimum absolute atomic E-state index is 0.0133. The Bertz CT molecular complexity index is 993. The highest BCUT2D eigenvalue weighted by Crippen LogP contribution is 2.11. The van der Waals surface area contributed by atoms with Crippen LogP contribution in [0.25, 0.3) is 11.7 Å². The van der Waals surface area contributed by atoms with Crippen LogP contribution in [-0.2, 0) is 11.3 Å². The summed E-state index contributed by atoms with van der Waals surface area (Å²) < 4.78 is 27.9. The fourth-order valence-corrected chi connectivity index (χ4v) is 2.04. The number of carbonyl (C=O) groups is 1. The zero-order chi connectivity index (χ0) is 17.1. The monoisotopic (exact) mass is 331 g/mol. The first-order valence-corrected chi connectivity index (χ1v) is 6.87. The number of hydrogen-bond donors (Lipinski definition) is 2. The van der Waals surface area contributed by atoms with E-state index in [1.807, 2.05) is 0 Å². The molecular weight excluding hydrogens is 320 g/mol. The number of aromatic amines is 1. The van der Waals surface area contributed by atoms with Gasteiger partial charge in [0, 0.05) is 24.0 Å². The molecule has 1 amide bonds. The summed E-state index contributed by atoms with van der Waals surface area (Å²) in [7, 11) is 0. The van der Waals surface area contributed by atoms with E-state index in [0.29, 0.717) is 5.82 Å². The van der Waals surface area contributed by atoms with Crippen LogP contribution in [0.5, 0.6) is 0 Å². The third-order valence-corrected chi connectivity index (χ3v) is 3.20. The van der Waals surface area contributed by atoms with E-state index in [1.165, 1.54) is 16.7 Å². The summed E-state index contributed by atoms with van der Waals surface area (Å²) in [6.07, 6.45) is 5.22. The van der Waals surface area contributed by atoms with Gasteiger partial charge in [0.2, 0.25) is 11.6 Å². The number of benzene rings is 1. The van der Waals surface area contributed by atoms with Crippen LogP contribution < -0.4 is 10.9 Å². The van der Waals surface area contributed by atoms with Crippen LogP contribution >= 0.6 is 0 Å². The topological polar surface area (TPSA) is 92.2 Å². The average molecular weight is 331 g/mol. The molecule has 122 valence electrons. The minimum Gasteiger partial charge on any atom is -0.345 e. The maximum atomic E-state index is 13.4. The van der Waals surface area contributed by atoms with Crippen molar-refractivity contribution in [2.24, 2.45) is 0 Å². The maximum absolute atomic E-state index is 13.4. The van der Waals surface area contributed by atoms with Gasteiger partial charge < -0.3 is 10.3 Å². The summed E-state index contributed by atoms with van der Waals surface area (Å²) in [5, 5.41) is 10.1. The van der Waals surface area contributed by atoms with Crippen LogP contribution in [-0.4, -0.2) is 25.5 Å². The van der Waals surface area contributed by atoms with E-state index in [1.54, 1.807) is 6.20 Å². The molecule has 0 saturated heterocycles. The fourth-order valence-electron chi connectivity index (χ4n) is 2.04. The lowest BCUT2D eigenvalue weighted by atomic mass is 10.2. The first kappa shape index (κ1) is 15.5. The van der Waals surface area contributed by atoms with E-state index in [2.05, 4.69) is 20.5 Å². The molecule has 1 aromatic carbocycles. The Morgan fingerprint density at radius 2 is 2.17 bits per heavy atom. The van der Waals surface area contributed by atoms with Gasteiger partial charge in [-0.1, -0.05) is 0 Å². The number of carbonyl (C=O) groups excluding carboxylic acids is 1. The van der Waals surface area contributed by atoms with Gasteiger partial charge in [-0.3, -0.25) is 14.0 Å². The molecule has 9 heteroatoms. The number of halogens is 2. The SMILES string of the molecule is O=C(/C=C/c1cc(F)ccc1F)NCc1nnc2c(=O)[nH]ccn12. The zero-order valence-electron chi connectivity index (χ0n) is 12.2. The van der Waals surface area contributed by atoms with E-state index in [4.69, 9.17) is 0 Å². The molecule has 2 N–H and O–H groups in total. The normalized spacial score (nSPS) is 11.2. The van der Waals surface area contributed by atoms with Crippen molar-refractivity contribution in [3.63, 3.8) is 0 Å². The van der Waals surface area contributed by atoms with Crippen molar-refractivity contribution < 1.29 is 13.6 Å². The average Bonchev–Trinajstić information content (AvgIpc) is 2.98. The third kappa shape index (κ3) is 3.19. The Morgan fingerprint density at radius 1 is 1.33 bits per heavy atom. The molecule has 0 radical (unpaired) electrons. The molecule has 0 aliphatic rings. The van der Waals surface area contributed by atoms with E-state index in [0.717, 1.165) is 24.3 Å². The number of rotatable bonds is 4. The molecule has 0 aliphatic carbocycles. The fraction of sp³-hybridized carbons (Fsp3) is 0.0667. The zero-order valence-corrected chi connectivity index (χ0v) is 12.2. The highest BCUT2D eigenvalue weighted by atomic mass is 19.1. The third-order valence-electron chi connectivity index (χ3n) is 3.20.